The molecule has 10 unspecified atom stereocenters. The van der Waals surface area contributed by atoms with Crippen LogP contribution in [0.25, 0.3) is 0 Å². The lowest BCUT2D eigenvalue weighted by Gasteiger charge is -2.27. The predicted molar refractivity (Wildman–Crippen MR) is 312 cm³/mol. The van der Waals surface area contributed by atoms with E-state index in [1.165, 1.54) is 20.8 Å². The Morgan fingerprint density at radius 2 is 0.453 bits per heavy atom. The molecule has 0 aliphatic carbocycles. The van der Waals surface area contributed by atoms with Gasteiger partial charge < -0.3 is 47.4 Å². The molecule has 3 aromatic rings. The molecule has 20 heteroatoms. The second-order valence-corrected chi connectivity index (χ2v) is 21.5. The van der Waals surface area contributed by atoms with E-state index in [1.54, 1.807) is 0 Å². The fourth-order valence-electron chi connectivity index (χ4n) is 9.03. The minimum Gasteiger partial charge on any atom is -0.448 e. The summed E-state index contributed by atoms with van der Waals surface area (Å²) >= 11 is 0. The number of ether oxygens (including phenoxy) is 10. The van der Waals surface area contributed by atoms with Crippen LogP contribution in [0.4, 0.5) is 0 Å². The maximum Gasteiger partial charge on any atom is 0.348 e. The third-order valence-corrected chi connectivity index (χ3v) is 14.1. The average Bonchev–Trinajstić information content (AvgIpc) is 3.71. The Morgan fingerprint density at radius 3 is 0.733 bits per heavy atom. The van der Waals surface area contributed by atoms with Gasteiger partial charge in [0.1, 0.15) is 0 Å². The highest BCUT2D eigenvalue weighted by Crippen LogP contribution is 2.23. The van der Waals surface area contributed by atoms with E-state index in [0.717, 1.165) is 107 Å². The zero-order chi connectivity index (χ0) is 62.8. The molecule has 20 nitrogen and oxygen atoms in total. The van der Waals surface area contributed by atoms with Crippen LogP contribution in [0, 0.1) is 0 Å². The van der Waals surface area contributed by atoms with Crippen LogP contribution in [-0.4, -0.2) is 121 Å². The van der Waals surface area contributed by atoms with Gasteiger partial charge in [0.15, 0.2) is 42.7 Å². The molecule has 5 fully saturated rings. The Labute approximate surface area is 505 Å². The molecule has 0 bridgehead atoms. The molecule has 10 atom stereocenters. The smallest absolute Gasteiger partial charge is 0.348 e. The van der Waals surface area contributed by atoms with Crippen LogP contribution in [0.5, 0.6) is 0 Å². The van der Waals surface area contributed by atoms with E-state index in [-0.39, 0.29) is 11.9 Å². The van der Waals surface area contributed by atoms with Crippen LogP contribution in [0.15, 0.2) is 91.0 Å². The normalized spacial score (nSPS) is 24.0. The van der Waals surface area contributed by atoms with Crippen LogP contribution in [0.1, 0.15) is 181 Å². The average molecular weight is 1200 g/mol. The number of carbonyl (C=O) groups is 10. The van der Waals surface area contributed by atoms with Gasteiger partial charge in [0.2, 0.25) is 18.3 Å². The van der Waals surface area contributed by atoms with Crippen LogP contribution in [0.2, 0.25) is 0 Å². The molecule has 0 aromatic heterocycles. The lowest BCUT2D eigenvalue weighted by molar-refractivity contribution is -0.196. The summed E-state index contributed by atoms with van der Waals surface area (Å²) in [6.45, 7) is 12.9. The number of hydrogen-bond acceptors (Lipinski definition) is 20. The molecule has 472 valence electrons. The first-order chi connectivity index (χ1) is 41.4. The largest absolute Gasteiger partial charge is 0.448 e. The molecule has 0 N–H and O–H groups in total. The molecular formula is C66H88O20. The highest BCUT2D eigenvalue weighted by molar-refractivity contribution is 5.90. The van der Waals surface area contributed by atoms with Gasteiger partial charge >= 0.3 is 59.7 Å². The second-order valence-electron chi connectivity index (χ2n) is 21.5. The van der Waals surface area contributed by atoms with Crippen LogP contribution in [0.3, 0.4) is 0 Å². The van der Waals surface area contributed by atoms with Crippen molar-refractivity contribution in [2.45, 2.75) is 244 Å². The maximum absolute atomic E-state index is 12.0. The van der Waals surface area contributed by atoms with Crippen molar-refractivity contribution in [2.24, 2.45) is 0 Å². The van der Waals surface area contributed by atoms with E-state index in [0.29, 0.717) is 44.9 Å². The van der Waals surface area contributed by atoms with Gasteiger partial charge in [0, 0.05) is 19.3 Å². The Balaban J connectivity index is 0.000000233. The summed E-state index contributed by atoms with van der Waals surface area (Å²) in [6.07, 6.45) is 10.5. The molecule has 0 radical (unpaired) electrons. The number of hydrogen-bond donors (Lipinski definition) is 0. The summed E-state index contributed by atoms with van der Waals surface area (Å²) in [4.78, 5) is 115. The standard InChI is InChI=1S/C18H16O4.C16H28O4.C12H12O4.C11H18O4.C9H14O4/c19-17-15(11-13-7-3-1-4-8-13)21-18(20)16(22-17)12-14-9-5-2-6-10-14;1-3-5-7-9-11-13-15(17)20-14(16(18)19-13)12-10-8-6-4-2;1-8-11(13)16-10(12(14)15-8)7-9-5-3-2-4-6-9;1-3-4-5-6-7-9-11(13)14-8(2)10(12)15-9;1-3-4-5-7-9(11)12-6(2)8(10)13-7/h1-10,15-16H,11-12H2;13-14H,3-12H2,1-2H3;2-6,8,10H,7H2,1H3;8-9H,3-7H2,1-2H3;6-7H,3-5H2,1-2H3. The zero-order valence-corrected chi connectivity index (χ0v) is 50.9. The van der Waals surface area contributed by atoms with E-state index < -0.39 is 109 Å². The molecule has 8 rings (SSSR count). The first kappa shape index (κ1) is 70.8. The first-order valence-corrected chi connectivity index (χ1v) is 30.5. The molecule has 5 aliphatic heterocycles. The van der Waals surface area contributed by atoms with E-state index in [4.69, 9.17) is 47.4 Å². The van der Waals surface area contributed by atoms with E-state index in [1.807, 2.05) is 97.9 Å². The molecule has 0 spiro atoms. The molecule has 5 saturated heterocycles. The fourth-order valence-corrected chi connectivity index (χ4v) is 9.03. The molecule has 0 saturated carbocycles. The van der Waals surface area contributed by atoms with E-state index in [9.17, 15) is 47.9 Å². The number of carbonyl (C=O) groups excluding carboxylic acids is 10. The predicted octanol–water partition coefficient (Wildman–Crippen LogP) is 10.0. The maximum atomic E-state index is 12.0. The van der Waals surface area contributed by atoms with Crippen LogP contribution >= 0.6 is 0 Å². The summed E-state index contributed by atoms with van der Waals surface area (Å²) < 4.78 is 50.4. The summed E-state index contributed by atoms with van der Waals surface area (Å²) in [7, 11) is 0. The number of unbranched alkanes of at least 4 members (excludes halogenated alkanes) is 10. The van der Waals surface area contributed by atoms with Gasteiger partial charge in [-0.25, -0.2) is 47.9 Å². The number of cyclic esters (lactones) is 10. The quantitative estimate of drug-likeness (QED) is 0.0458. The molecule has 3 aromatic carbocycles. The van der Waals surface area contributed by atoms with Crippen molar-refractivity contribution in [3.8, 4) is 0 Å². The van der Waals surface area contributed by atoms with Gasteiger partial charge in [0.05, 0.1) is 0 Å². The number of benzene rings is 3. The monoisotopic (exact) mass is 1200 g/mol. The molecule has 0 amide bonds. The summed E-state index contributed by atoms with van der Waals surface area (Å²) in [5.41, 5.74) is 2.80. The van der Waals surface area contributed by atoms with E-state index >= 15 is 0 Å². The van der Waals surface area contributed by atoms with Crippen molar-refractivity contribution in [2.75, 3.05) is 0 Å². The highest BCUT2D eigenvalue weighted by Gasteiger charge is 2.40. The lowest BCUT2D eigenvalue weighted by atomic mass is 10.0. The lowest BCUT2D eigenvalue weighted by Crippen LogP contribution is -2.45. The van der Waals surface area contributed by atoms with Gasteiger partial charge in [0.25, 0.3) is 0 Å². The summed E-state index contributed by atoms with van der Waals surface area (Å²) in [6, 6.07) is 28.2. The van der Waals surface area contributed by atoms with Crippen molar-refractivity contribution >= 4 is 59.7 Å². The van der Waals surface area contributed by atoms with Crippen molar-refractivity contribution in [1.82, 2.24) is 0 Å². The molecule has 86 heavy (non-hydrogen) atoms. The van der Waals surface area contributed by atoms with Crippen molar-refractivity contribution in [3.05, 3.63) is 108 Å². The Kier molecular flexibility index (Phi) is 32.2. The minimum absolute atomic E-state index is 0.337. The van der Waals surface area contributed by atoms with Gasteiger partial charge in [-0.05, 0) is 88.8 Å². The Hall–Kier alpha value is -7.64. The first-order valence-electron chi connectivity index (χ1n) is 30.5. The van der Waals surface area contributed by atoms with Crippen LogP contribution < -0.4 is 0 Å². The molecule has 5 heterocycles. The zero-order valence-electron chi connectivity index (χ0n) is 50.9. The van der Waals surface area contributed by atoms with Crippen LogP contribution in [-0.2, 0) is 115 Å². The number of esters is 10. The van der Waals surface area contributed by atoms with Gasteiger partial charge in [-0.1, -0.05) is 183 Å². The van der Waals surface area contributed by atoms with Crippen molar-refractivity contribution in [3.63, 3.8) is 0 Å². The third-order valence-electron chi connectivity index (χ3n) is 14.1. The minimum atomic E-state index is -0.859. The van der Waals surface area contributed by atoms with Gasteiger partial charge in [-0.3, -0.25) is 0 Å². The topological polar surface area (TPSA) is 263 Å². The molecular weight excluding hydrogens is 1110 g/mol. The van der Waals surface area contributed by atoms with Crippen molar-refractivity contribution in [1.29, 1.82) is 0 Å². The van der Waals surface area contributed by atoms with Crippen molar-refractivity contribution < 1.29 is 95.3 Å². The fraction of sp³-hybridized carbons (Fsp3) is 0.576. The SMILES string of the molecule is CC1OC(=O)C(Cc2ccccc2)OC1=O.CCCCC1OC(=O)C(C)OC1=O.CCCCCCC1OC(=O)C(C)OC1=O.CCCCCCC1OC(=O)C(CCCCCC)OC1=O.O=C1OC(Cc2ccccc2)C(=O)OC1Cc1ccccc1. The Morgan fingerprint density at radius 1 is 0.244 bits per heavy atom. The second kappa shape index (κ2) is 39.1. The molecule has 5 aliphatic rings. The summed E-state index contributed by atoms with van der Waals surface area (Å²) in [5, 5.41) is 0. The summed E-state index contributed by atoms with van der Waals surface area (Å²) in [5.74, 6) is -4.34. The van der Waals surface area contributed by atoms with Gasteiger partial charge in [-0.15, -0.1) is 0 Å². The highest BCUT2D eigenvalue weighted by atomic mass is 16.7. The Bertz CT molecular complexity index is 2500. The number of rotatable bonds is 24. The third kappa shape index (κ3) is 25.5. The van der Waals surface area contributed by atoms with E-state index in [2.05, 4.69) is 20.8 Å². The van der Waals surface area contributed by atoms with Gasteiger partial charge in [-0.2, -0.15) is 0 Å².